The van der Waals surface area contributed by atoms with Crippen LogP contribution >= 0.6 is 0 Å². The van der Waals surface area contributed by atoms with E-state index in [1.807, 2.05) is 0 Å². The minimum absolute atomic E-state index is 0.206. The standard InChI is InChI=1S/C11H12F3N3O2/c1-18-8-3-6-7(4-9(8)19-2)17(10(15)16-6)5-11(12,13)14/h3-4H,5H2,1-2H3,(H2,15,16). The van der Waals surface area contributed by atoms with Crippen LogP contribution in [-0.2, 0) is 6.54 Å². The number of anilines is 1. The molecule has 8 heteroatoms. The maximum atomic E-state index is 12.5. The lowest BCUT2D eigenvalue weighted by Crippen LogP contribution is -2.19. The maximum absolute atomic E-state index is 12.5. The number of rotatable bonds is 3. The Hall–Kier alpha value is -2.12. The van der Waals surface area contributed by atoms with Crippen LogP contribution in [0.15, 0.2) is 12.1 Å². The molecule has 0 amide bonds. The summed E-state index contributed by atoms with van der Waals surface area (Å²) < 4.78 is 48.5. The molecular weight excluding hydrogens is 263 g/mol. The lowest BCUT2D eigenvalue weighted by molar-refractivity contribution is -0.139. The Bertz CT molecular complexity index is 607. The quantitative estimate of drug-likeness (QED) is 0.932. The predicted molar refractivity (Wildman–Crippen MR) is 63.3 cm³/mol. The van der Waals surface area contributed by atoms with E-state index in [-0.39, 0.29) is 11.5 Å². The maximum Gasteiger partial charge on any atom is 0.406 e. The summed E-state index contributed by atoms with van der Waals surface area (Å²) in [5.74, 6) is 0.493. The van der Waals surface area contributed by atoms with Gasteiger partial charge in [0.2, 0.25) is 5.95 Å². The zero-order valence-electron chi connectivity index (χ0n) is 10.3. The molecule has 0 saturated carbocycles. The number of methoxy groups -OCH3 is 2. The smallest absolute Gasteiger partial charge is 0.406 e. The molecular formula is C11H12F3N3O2. The fourth-order valence-corrected chi connectivity index (χ4v) is 1.82. The van der Waals surface area contributed by atoms with Gasteiger partial charge in [-0.25, -0.2) is 4.98 Å². The van der Waals surface area contributed by atoms with Crippen LogP contribution in [-0.4, -0.2) is 29.9 Å². The first-order valence-electron chi connectivity index (χ1n) is 5.30. The lowest BCUT2D eigenvalue weighted by Gasteiger charge is -2.11. The van der Waals surface area contributed by atoms with Crippen molar-refractivity contribution in [3.63, 3.8) is 0 Å². The zero-order valence-corrected chi connectivity index (χ0v) is 10.3. The molecule has 1 aromatic carbocycles. The van der Waals surface area contributed by atoms with Gasteiger partial charge < -0.3 is 19.8 Å². The van der Waals surface area contributed by atoms with E-state index in [2.05, 4.69) is 4.98 Å². The normalized spacial score (nSPS) is 11.8. The van der Waals surface area contributed by atoms with E-state index in [4.69, 9.17) is 15.2 Å². The third kappa shape index (κ3) is 2.51. The second-order valence-corrected chi connectivity index (χ2v) is 3.87. The molecule has 0 radical (unpaired) electrons. The van der Waals surface area contributed by atoms with Crippen molar-refractivity contribution < 1.29 is 22.6 Å². The van der Waals surface area contributed by atoms with E-state index in [0.717, 1.165) is 4.57 Å². The van der Waals surface area contributed by atoms with E-state index >= 15 is 0 Å². The minimum atomic E-state index is -4.38. The topological polar surface area (TPSA) is 62.3 Å². The molecule has 0 aliphatic carbocycles. The van der Waals surface area contributed by atoms with Crippen LogP contribution in [0.5, 0.6) is 11.5 Å². The molecule has 0 aliphatic heterocycles. The van der Waals surface area contributed by atoms with Gasteiger partial charge in [0.05, 0.1) is 25.3 Å². The van der Waals surface area contributed by atoms with E-state index in [1.165, 1.54) is 26.4 Å². The van der Waals surface area contributed by atoms with Crippen molar-refractivity contribution in [3.05, 3.63) is 12.1 Å². The molecule has 0 aliphatic rings. The number of nitrogens with two attached hydrogens (primary N) is 1. The van der Waals surface area contributed by atoms with E-state index in [1.54, 1.807) is 0 Å². The van der Waals surface area contributed by atoms with Gasteiger partial charge in [-0.1, -0.05) is 0 Å². The van der Waals surface area contributed by atoms with E-state index < -0.39 is 12.7 Å². The highest BCUT2D eigenvalue weighted by atomic mass is 19.4. The number of hydrogen-bond acceptors (Lipinski definition) is 4. The summed E-state index contributed by atoms with van der Waals surface area (Å²) in [6.45, 7) is -1.20. The number of nitrogens with zero attached hydrogens (tertiary/aromatic N) is 2. The van der Waals surface area contributed by atoms with Gasteiger partial charge in [-0.05, 0) is 0 Å². The Morgan fingerprint density at radius 1 is 1.21 bits per heavy atom. The molecule has 0 spiro atoms. The molecule has 0 atom stereocenters. The molecule has 0 bridgehead atoms. The third-order valence-electron chi connectivity index (χ3n) is 2.62. The minimum Gasteiger partial charge on any atom is -0.493 e. The van der Waals surface area contributed by atoms with Crippen molar-refractivity contribution in [3.8, 4) is 11.5 Å². The number of benzene rings is 1. The largest absolute Gasteiger partial charge is 0.493 e. The molecule has 2 N–H and O–H groups in total. The monoisotopic (exact) mass is 275 g/mol. The van der Waals surface area contributed by atoms with Crippen LogP contribution in [0.3, 0.4) is 0 Å². The Morgan fingerprint density at radius 2 is 1.79 bits per heavy atom. The van der Waals surface area contributed by atoms with Gasteiger partial charge in [-0.15, -0.1) is 0 Å². The van der Waals surface area contributed by atoms with Crippen molar-refractivity contribution >= 4 is 17.0 Å². The van der Waals surface area contributed by atoms with Gasteiger partial charge >= 0.3 is 6.18 Å². The summed E-state index contributed by atoms with van der Waals surface area (Å²) in [7, 11) is 2.83. The summed E-state index contributed by atoms with van der Waals surface area (Å²) in [6, 6.07) is 2.90. The second-order valence-electron chi connectivity index (χ2n) is 3.87. The van der Waals surface area contributed by atoms with Gasteiger partial charge in [-0.3, -0.25) is 0 Å². The molecule has 0 unspecified atom stereocenters. The third-order valence-corrected chi connectivity index (χ3v) is 2.62. The van der Waals surface area contributed by atoms with Crippen LogP contribution in [0.4, 0.5) is 19.1 Å². The first-order valence-corrected chi connectivity index (χ1v) is 5.30. The average Bonchev–Trinajstić information content (AvgIpc) is 2.62. The number of hydrogen-bond donors (Lipinski definition) is 1. The zero-order chi connectivity index (χ0) is 14.2. The molecule has 104 valence electrons. The van der Waals surface area contributed by atoms with Crippen molar-refractivity contribution in [1.82, 2.24) is 9.55 Å². The Labute approximate surface area is 106 Å². The average molecular weight is 275 g/mol. The predicted octanol–water partition coefficient (Wildman–Crippen LogP) is 2.20. The Balaban J connectivity index is 2.62. The number of fused-ring (bicyclic) bond motifs is 1. The van der Waals surface area contributed by atoms with Gasteiger partial charge in [0.1, 0.15) is 6.54 Å². The number of nitrogen functional groups attached to an aromatic ring is 1. The van der Waals surface area contributed by atoms with Gasteiger partial charge in [0.15, 0.2) is 11.5 Å². The molecule has 5 nitrogen and oxygen atoms in total. The van der Waals surface area contributed by atoms with Gasteiger partial charge in [0.25, 0.3) is 0 Å². The summed E-state index contributed by atoms with van der Waals surface area (Å²) in [5, 5.41) is 0. The number of imidazole rings is 1. The van der Waals surface area contributed by atoms with Crippen molar-refractivity contribution in [2.75, 3.05) is 20.0 Å². The lowest BCUT2D eigenvalue weighted by atomic mass is 10.2. The van der Waals surface area contributed by atoms with Crippen LogP contribution in [0.1, 0.15) is 0 Å². The number of alkyl halides is 3. The van der Waals surface area contributed by atoms with Crippen LogP contribution < -0.4 is 15.2 Å². The van der Waals surface area contributed by atoms with Crippen LogP contribution in [0, 0.1) is 0 Å². The van der Waals surface area contributed by atoms with Crippen molar-refractivity contribution in [1.29, 1.82) is 0 Å². The van der Waals surface area contributed by atoms with Crippen LogP contribution in [0.2, 0.25) is 0 Å². The molecule has 1 aromatic heterocycles. The molecule has 2 aromatic rings. The Morgan fingerprint density at radius 3 is 2.32 bits per heavy atom. The first kappa shape index (κ1) is 13.3. The highest BCUT2D eigenvalue weighted by Gasteiger charge is 2.30. The van der Waals surface area contributed by atoms with Gasteiger partial charge in [0, 0.05) is 12.1 Å². The number of aromatic nitrogens is 2. The highest BCUT2D eigenvalue weighted by molar-refractivity contribution is 5.82. The van der Waals surface area contributed by atoms with Crippen molar-refractivity contribution in [2.24, 2.45) is 0 Å². The van der Waals surface area contributed by atoms with Gasteiger partial charge in [-0.2, -0.15) is 13.2 Å². The van der Waals surface area contributed by atoms with E-state index in [0.29, 0.717) is 17.0 Å². The summed E-state index contributed by atoms with van der Waals surface area (Å²) in [5.41, 5.74) is 6.08. The second kappa shape index (κ2) is 4.52. The molecule has 0 fully saturated rings. The fourth-order valence-electron chi connectivity index (χ4n) is 1.82. The first-order chi connectivity index (χ1) is 8.85. The Kier molecular flexibility index (Phi) is 3.17. The molecule has 2 rings (SSSR count). The van der Waals surface area contributed by atoms with Crippen LogP contribution in [0.25, 0.3) is 11.0 Å². The molecule has 1 heterocycles. The SMILES string of the molecule is COc1cc2nc(N)n(CC(F)(F)F)c2cc1OC. The summed E-state index contributed by atoms with van der Waals surface area (Å²) in [4.78, 5) is 3.89. The number of ether oxygens (including phenoxy) is 2. The van der Waals surface area contributed by atoms with Crippen molar-refractivity contribution in [2.45, 2.75) is 12.7 Å². The molecule has 19 heavy (non-hydrogen) atoms. The van der Waals surface area contributed by atoms with E-state index in [9.17, 15) is 13.2 Å². The highest BCUT2D eigenvalue weighted by Crippen LogP contribution is 2.34. The fraction of sp³-hybridized carbons (Fsp3) is 0.364. The number of halogens is 3. The summed E-state index contributed by atoms with van der Waals surface area (Å²) in [6.07, 6.45) is -4.38. The molecule has 0 saturated heterocycles. The summed E-state index contributed by atoms with van der Waals surface area (Å²) >= 11 is 0.